The number of hydrogen-bond donors (Lipinski definition) is 0. The minimum atomic E-state index is -0.993. The lowest BCUT2D eigenvalue weighted by Gasteiger charge is -2.17. The Morgan fingerprint density at radius 2 is 1.79 bits per heavy atom. The van der Waals surface area contributed by atoms with Crippen molar-refractivity contribution in [2.24, 2.45) is 0 Å². The Balaban J connectivity index is 2.52. The van der Waals surface area contributed by atoms with Crippen LogP contribution in [0.2, 0.25) is 0 Å². The molecule has 19 heavy (non-hydrogen) atoms. The van der Waals surface area contributed by atoms with Crippen molar-refractivity contribution >= 4 is 18.1 Å². The number of ether oxygens (including phenoxy) is 5. The van der Waals surface area contributed by atoms with Crippen molar-refractivity contribution in [3.8, 4) is 0 Å². The largest absolute Gasteiger partial charge is 0.508 e. The van der Waals surface area contributed by atoms with Crippen LogP contribution in [0.4, 0.5) is 4.79 Å². The number of carbonyl (C=O) groups excluding carboxylic acids is 3. The van der Waals surface area contributed by atoms with Crippen LogP contribution in [0, 0.1) is 0 Å². The first-order valence-electron chi connectivity index (χ1n) is 5.63. The van der Waals surface area contributed by atoms with E-state index in [1.165, 1.54) is 21.0 Å². The third-order valence-electron chi connectivity index (χ3n) is 2.28. The van der Waals surface area contributed by atoms with Crippen LogP contribution in [0.3, 0.4) is 0 Å². The summed E-state index contributed by atoms with van der Waals surface area (Å²) in [6, 6.07) is 0. The van der Waals surface area contributed by atoms with Crippen molar-refractivity contribution in [3.05, 3.63) is 0 Å². The highest BCUT2D eigenvalue weighted by Gasteiger charge is 2.40. The number of carbonyl (C=O) groups is 3. The Bertz CT molecular complexity index is 329. The van der Waals surface area contributed by atoms with Crippen molar-refractivity contribution in [1.82, 2.24) is 0 Å². The number of esters is 2. The Morgan fingerprint density at radius 3 is 2.32 bits per heavy atom. The van der Waals surface area contributed by atoms with Gasteiger partial charge in [-0.05, 0) is 0 Å². The molecule has 0 radical (unpaired) electrons. The van der Waals surface area contributed by atoms with Gasteiger partial charge in [-0.3, -0.25) is 9.59 Å². The molecule has 8 heteroatoms. The average molecular weight is 276 g/mol. The maximum absolute atomic E-state index is 10.9. The highest BCUT2D eigenvalue weighted by Crippen LogP contribution is 2.25. The second-order valence-corrected chi connectivity index (χ2v) is 3.88. The van der Waals surface area contributed by atoms with Gasteiger partial charge in [-0.1, -0.05) is 0 Å². The van der Waals surface area contributed by atoms with E-state index in [-0.39, 0.29) is 13.0 Å². The minimum Gasteiger partial charge on any atom is -0.456 e. The summed E-state index contributed by atoms with van der Waals surface area (Å²) in [6.07, 6.45) is -2.83. The molecule has 0 saturated carbocycles. The summed E-state index contributed by atoms with van der Waals surface area (Å²) < 4.78 is 24.2. The molecule has 1 saturated heterocycles. The molecule has 0 spiro atoms. The third-order valence-corrected chi connectivity index (χ3v) is 2.28. The van der Waals surface area contributed by atoms with Crippen LogP contribution in [0.1, 0.15) is 20.3 Å². The SMILES string of the molecule is COC(=O)OC[C@@H]1C[C@@H](OC(C)=O)[C@@H](OC(C)=O)O1. The lowest BCUT2D eigenvalue weighted by Crippen LogP contribution is -2.30. The van der Waals surface area contributed by atoms with Crippen molar-refractivity contribution in [3.63, 3.8) is 0 Å². The van der Waals surface area contributed by atoms with E-state index >= 15 is 0 Å². The van der Waals surface area contributed by atoms with Crippen molar-refractivity contribution in [1.29, 1.82) is 0 Å². The van der Waals surface area contributed by atoms with Gasteiger partial charge in [0.25, 0.3) is 0 Å². The molecule has 0 N–H and O–H groups in total. The second kappa shape index (κ2) is 6.93. The van der Waals surface area contributed by atoms with Crippen LogP contribution >= 0.6 is 0 Å². The van der Waals surface area contributed by atoms with E-state index in [4.69, 9.17) is 18.9 Å². The molecule has 3 atom stereocenters. The first-order valence-corrected chi connectivity index (χ1v) is 5.63. The van der Waals surface area contributed by atoms with Gasteiger partial charge in [0.1, 0.15) is 6.61 Å². The lowest BCUT2D eigenvalue weighted by molar-refractivity contribution is -0.195. The van der Waals surface area contributed by atoms with Gasteiger partial charge in [-0.2, -0.15) is 0 Å². The molecule has 1 aliphatic rings. The van der Waals surface area contributed by atoms with Gasteiger partial charge in [0.2, 0.25) is 6.29 Å². The molecule has 0 aromatic rings. The Kier molecular flexibility index (Phi) is 5.56. The summed E-state index contributed by atoms with van der Waals surface area (Å²) in [6.45, 7) is 2.37. The standard InChI is InChI=1S/C11H16O8/c1-6(12)17-9-4-8(5-16-11(14)15-3)19-10(9)18-7(2)13/h8-10H,4-5H2,1-3H3/t8-,9+,10-/m0/s1. The number of rotatable bonds is 4. The molecule has 1 fully saturated rings. The molecule has 0 bridgehead atoms. The van der Waals surface area contributed by atoms with Crippen molar-refractivity contribution in [2.75, 3.05) is 13.7 Å². The van der Waals surface area contributed by atoms with E-state index in [2.05, 4.69) is 4.74 Å². The molecule has 0 amide bonds. The molecular formula is C11H16O8. The van der Waals surface area contributed by atoms with Gasteiger partial charge in [0.05, 0.1) is 13.2 Å². The van der Waals surface area contributed by atoms with Gasteiger partial charge in [-0.25, -0.2) is 4.79 Å². The van der Waals surface area contributed by atoms with Gasteiger partial charge in [0.15, 0.2) is 6.10 Å². The molecule has 0 aromatic carbocycles. The van der Waals surface area contributed by atoms with Crippen LogP contribution in [0.25, 0.3) is 0 Å². The van der Waals surface area contributed by atoms with E-state index < -0.39 is 36.6 Å². The van der Waals surface area contributed by atoms with E-state index in [1.807, 2.05) is 0 Å². The predicted octanol–water partition coefficient (Wildman–Crippen LogP) is 0.379. The molecule has 0 aromatic heterocycles. The van der Waals surface area contributed by atoms with Crippen LogP contribution < -0.4 is 0 Å². The first kappa shape index (κ1) is 15.2. The highest BCUT2D eigenvalue weighted by molar-refractivity contribution is 5.67. The van der Waals surface area contributed by atoms with Crippen molar-refractivity contribution < 1.29 is 38.1 Å². The highest BCUT2D eigenvalue weighted by atomic mass is 16.7. The fraction of sp³-hybridized carbons (Fsp3) is 0.727. The summed E-state index contributed by atoms with van der Waals surface area (Å²) in [5, 5.41) is 0. The molecule has 0 unspecified atom stereocenters. The zero-order valence-electron chi connectivity index (χ0n) is 10.9. The van der Waals surface area contributed by atoms with Crippen molar-refractivity contribution in [2.45, 2.75) is 38.8 Å². The third kappa shape index (κ3) is 5.12. The molecule has 8 nitrogen and oxygen atoms in total. The fourth-order valence-corrected chi connectivity index (χ4v) is 1.61. The van der Waals surface area contributed by atoms with Gasteiger partial charge in [0, 0.05) is 20.3 Å². The average Bonchev–Trinajstić information content (AvgIpc) is 2.66. The van der Waals surface area contributed by atoms with E-state index in [0.29, 0.717) is 0 Å². The summed E-state index contributed by atoms with van der Waals surface area (Å²) in [5.74, 6) is -1.07. The van der Waals surface area contributed by atoms with E-state index in [1.54, 1.807) is 0 Å². The fourth-order valence-electron chi connectivity index (χ4n) is 1.61. The van der Waals surface area contributed by atoms with E-state index in [0.717, 1.165) is 0 Å². The van der Waals surface area contributed by atoms with Gasteiger partial charge >= 0.3 is 18.1 Å². The zero-order chi connectivity index (χ0) is 14.4. The molecule has 1 heterocycles. The quantitative estimate of drug-likeness (QED) is 0.537. The monoisotopic (exact) mass is 276 g/mol. The zero-order valence-corrected chi connectivity index (χ0v) is 10.9. The summed E-state index contributed by atoms with van der Waals surface area (Å²) >= 11 is 0. The lowest BCUT2D eigenvalue weighted by atomic mass is 10.2. The normalized spacial score (nSPS) is 25.5. The Morgan fingerprint density at radius 1 is 1.16 bits per heavy atom. The maximum atomic E-state index is 10.9. The number of hydrogen-bond acceptors (Lipinski definition) is 8. The smallest absolute Gasteiger partial charge is 0.456 e. The Labute approximate surface area is 109 Å². The molecule has 0 aliphatic carbocycles. The number of methoxy groups -OCH3 is 1. The Hall–Kier alpha value is -1.83. The van der Waals surface area contributed by atoms with Crippen LogP contribution in [-0.2, 0) is 33.3 Å². The van der Waals surface area contributed by atoms with Gasteiger partial charge in [-0.15, -0.1) is 0 Å². The minimum absolute atomic E-state index is 0.0811. The molecule has 1 aliphatic heterocycles. The van der Waals surface area contributed by atoms with Crippen LogP contribution in [0.5, 0.6) is 0 Å². The summed E-state index contributed by atoms with van der Waals surface area (Å²) in [7, 11) is 1.18. The second-order valence-electron chi connectivity index (χ2n) is 3.88. The summed E-state index contributed by atoms with van der Waals surface area (Å²) in [4.78, 5) is 32.6. The predicted molar refractivity (Wildman–Crippen MR) is 59.0 cm³/mol. The molecule has 1 rings (SSSR count). The van der Waals surface area contributed by atoms with Gasteiger partial charge < -0.3 is 23.7 Å². The molecule has 108 valence electrons. The van der Waals surface area contributed by atoms with Crippen LogP contribution in [0.15, 0.2) is 0 Å². The van der Waals surface area contributed by atoms with E-state index in [9.17, 15) is 14.4 Å². The maximum Gasteiger partial charge on any atom is 0.508 e. The van der Waals surface area contributed by atoms with Crippen LogP contribution in [-0.4, -0.2) is 50.3 Å². The molecular weight excluding hydrogens is 260 g/mol. The topological polar surface area (TPSA) is 97.4 Å². The first-order chi connectivity index (χ1) is 8.92. The summed E-state index contributed by atoms with van der Waals surface area (Å²) in [5.41, 5.74) is 0.